The van der Waals surface area contributed by atoms with Gasteiger partial charge in [-0.15, -0.1) is 0 Å². The van der Waals surface area contributed by atoms with Crippen LogP contribution in [0.4, 0.5) is 11.4 Å². The summed E-state index contributed by atoms with van der Waals surface area (Å²) in [6, 6.07) is 5.37. The van der Waals surface area contributed by atoms with E-state index in [-0.39, 0.29) is 5.91 Å². The minimum Gasteiger partial charge on any atom is -0.399 e. The van der Waals surface area contributed by atoms with Crippen molar-refractivity contribution in [1.29, 1.82) is 0 Å². The molecule has 0 unspecified atom stereocenters. The third kappa shape index (κ3) is 3.04. The molecule has 3 N–H and O–H groups in total. The van der Waals surface area contributed by atoms with Crippen LogP contribution in [0.2, 0.25) is 0 Å². The predicted molar refractivity (Wildman–Crippen MR) is 80.9 cm³/mol. The van der Waals surface area contributed by atoms with Crippen molar-refractivity contribution in [3.05, 3.63) is 23.8 Å². The van der Waals surface area contributed by atoms with Gasteiger partial charge in [-0.1, -0.05) is 0 Å². The topological polar surface area (TPSA) is 69.8 Å². The molecule has 0 saturated carbocycles. The van der Waals surface area contributed by atoms with Crippen LogP contribution in [0.25, 0.3) is 0 Å². The normalized spacial score (nSPS) is 17.9. The zero-order chi connectivity index (χ0) is 14.9. The van der Waals surface area contributed by atoms with E-state index in [0.29, 0.717) is 24.1 Å². The Hall–Kier alpha value is -1.75. The van der Waals surface area contributed by atoms with Gasteiger partial charge in [-0.05, 0) is 38.0 Å². The van der Waals surface area contributed by atoms with E-state index >= 15 is 0 Å². The van der Waals surface area contributed by atoms with Crippen LogP contribution in [0, 0.1) is 0 Å². The molecule has 0 radical (unpaired) electrons. The van der Waals surface area contributed by atoms with E-state index in [4.69, 9.17) is 5.73 Å². The summed E-state index contributed by atoms with van der Waals surface area (Å²) in [5.74, 6) is -0.0302. The van der Waals surface area contributed by atoms with E-state index in [2.05, 4.69) is 4.90 Å². The Morgan fingerprint density at radius 3 is 2.50 bits per heavy atom. The van der Waals surface area contributed by atoms with Gasteiger partial charge in [0.05, 0.1) is 16.9 Å². The number of aliphatic hydroxyl groups is 1. The van der Waals surface area contributed by atoms with Gasteiger partial charge in [-0.3, -0.25) is 4.79 Å². The summed E-state index contributed by atoms with van der Waals surface area (Å²) >= 11 is 0. The Bertz CT molecular complexity index is 502. The van der Waals surface area contributed by atoms with E-state index in [0.717, 1.165) is 18.8 Å². The van der Waals surface area contributed by atoms with Crippen molar-refractivity contribution < 1.29 is 9.90 Å². The highest BCUT2D eigenvalue weighted by Crippen LogP contribution is 2.30. The highest BCUT2D eigenvalue weighted by atomic mass is 16.3. The van der Waals surface area contributed by atoms with Gasteiger partial charge >= 0.3 is 0 Å². The average Bonchev–Trinajstić information content (AvgIpc) is 2.37. The van der Waals surface area contributed by atoms with Crippen LogP contribution in [0.5, 0.6) is 0 Å². The second-order valence-electron chi connectivity index (χ2n) is 5.96. The van der Waals surface area contributed by atoms with Crippen LogP contribution >= 0.6 is 0 Å². The number of rotatable bonds is 2. The van der Waals surface area contributed by atoms with Gasteiger partial charge in [-0.25, -0.2) is 0 Å². The smallest absolute Gasteiger partial charge is 0.255 e. The van der Waals surface area contributed by atoms with E-state index in [9.17, 15) is 9.90 Å². The van der Waals surface area contributed by atoms with Gasteiger partial charge in [0.25, 0.3) is 5.91 Å². The van der Waals surface area contributed by atoms with E-state index in [1.165, 1.54) is 0 Å². The fourth-order valence-corrected chi connectivity index (χ4v) is 2.46. The molecule has 1 saturated heterocycles. The number of nitrogens with zero attached hydrogens (tertiary/aromatic N) is 2. The molecule has 1 aromatic carbocycles. The number of carbonyl (C=O) groups is 1. The molecule has 0 atom stereocenters. The summed E-state index contributed by atoms with van der Waals surface area (Å²) in [6.07, 6.45) is 1.38. The fourth-order valence-electron chi connectivity index (χ4n) is 2.46. The standard InChI is InChI=1S/C15H23N3O2/c1-15(20)6-8-18(9-7-15)13-10-11(16)4-5-12(13)14(19)17(2)3/h4-5,10,20H,6-9,16H2,1-3H3. The number of hydrogen-bond donors (Lipinski definition) is 2. The molecule has 1 aliphatic heterocycles. The third-order valence-corrected chi connectivity index (χ3v) is 3.84. The van der Waals surface area contributed by atoms with Crippen molar-refractivity contribution in [2.24, 2.45) is 0 Å². The monoisotopic (exact) mass is 277 g/mol. The van der Waals surface area contributed by atoms with Crippen LogP contribution in [0.1, 0.15) is 30.1 Å². The molecule has 1 amide bonds. The number of carbonyl (C=O) groups excluding carboxylic acids is 1. The quantitative estimate of drug-likeness (QED) is 0.800. The lowest BCUT2D eigenvalue weighted by atomic mass is 9.93. The zero-order valence-corrected chi connectivity index (χ0v) is 12.4. The van der Waals surface area contributed by atoms with Gasteiger partial charge in [0.1, 0.15) is 0 Å². The van der Waals surface area contributed by atoms with Gasteiger partial charge in [0, 0.05) is 32.9 Å². The minimum atomic E-state index is -0.609. The molecule has 0 aliphatic carbocycles. The first-order valence-electron chi connectivity index (χ1n) is 6.89. The minimum absolute atomic E-state index is 0.0302. The lowest BCUT2D eigenvalue weighted by Gasteiger charge is -2.38. The van der Waals surface area contributed by atoms with E-state index < -0.39 is 5.60 Å². The van der Waals surface area contributed by atoms with Crippen molar-refractivity contribution in [3.63, 3.8) is 0 Å². The molecular weight excluding hydrogens is 254 g/mol. The SMILES string of the molecule is CN(C)C(=O)c1ccc(N)cc1N1CCC(C)(O)CC1. The molecule has 1 aliphatic rings. The molecule has 110 valence electrons. The summed E-state index contributed by atoms with van der Waals surface area (Å²) in [5.41, 5.74) is 7.42. The van der Waals surface area contributed by atoms with E-state index in [1.54, 1.807) is 31.1 Å². The summed E-state index contributed by atoms with van der Waals surface area (Å²) in [5, 5.41) is 10.0. The number of nitrogen functional groups attached to an aromatic ring is 1. The summed E-state index contributed by atoms with van der Waals surface area (Å²) < 4.78 is 0. The summed E-state index contributed by atoms with van der Waals surface area (Å²) in [6.45, 7) is 3.31. The Labute approximate surface area is 120 Å². The molecule has 2 rings (SSSR count). The lowest BCUT2D eigenvalue weighted by molar-refractivity contribution is 0.0351. The molecule has 5 heteroatoms. The maximum atomic E-state index is 12.3. The van der Waals surface area contributed by atoms with Crippen molar-refractivity contribution in [1.82, 2.24) is 4.90 Å². The number of amides is 1. The van der Waals surface area contributed by atoms with Crippen molar-refractivity contribution >= 4 is 17.3 Å². The maximum Gasteiger partial charge on any atom is 0.255 e. The first-order chi connectivity index (χ1) is 9.30. The summed E-state index contributed by atoms with van der Waals surface area (Å²) in [4.78, 5) is 16.0. The predicted octanol–water partition coefficient (Wildman–Crippen LogP) is 1.32. The number of hydrogen-bond acceptors (Lipinski definition) is 4. The molecule has 0 aromatic heterocycles. The molecule has 1 fully saturated rings. The third-order valence-electron chi connectivity index (χ3n) is 3.84. The molecular formula is C15H23N3O2. The largest absolute Gasteiger partial charge is 0.399 e. The first kappa shape index (κ1) is 14.7. The molecule has 1 heterocycles. The Kier molecular flexibility index (Phi) is 3.90. The van der Waals surface area contributed by atoms with Crippen LogP contribution < -0.4 is 10.6 Å². The number of piperidine rings is 1. The van der Waals surface area contributed by atoms with E-state index in [1.807, 2.05) is 13.0 Å². The summed E-state index contributed by atoms with van der Waals surface area (Å²) in [7, 11) is 3.48. The van der Waals surface area contributed by atoms with Gasteiger partial charge in [0.2, 0.25) is 0 Å². The molecule has 0 spiro atoms. The lowest BCUT2D eigenvalue weighted by Crippen LogP contribution is -2.43. The number of benzene rings is 1. The van der Waals surface area contributed by atoms with Crippen LogP contribution in [-0.4, -0.2) is 48.7 Å². The van der Waals surface area contributed by atoms with Crippen molar-refractivity contribution in [2.75, 3.05) is 37.8 Å². The van der Waals surface area contributed by atoms with Crippen LogP contribution in [0.3, 0.4) is 0 Å². The highest BCUT2D eigenvalue weighted by Gasteiger charge is 2.29. The zero-order valence-electron chi connectivity index (χ0n) is 12.4. The number of nitrogens with two attached hydrogens (primary N) is 1. The van der Waals surface area contributed by atoms with Crippen LogP contribution in [0.15, 0.2) is 18.2 Å². The second-order valence-corrected chi connectivity index (χ2v) is 5.96. The second kappa shape index (κ2) is 5.32. The van der Waals surface area contributed by atoms with Crippen LogP contribution in [-0.2, 0) is 0 Å². The fraction of sp³-hybridized carbons (Fsp3) is 0.533. The Balaban J connectivity index is 2.31. The average molecular weight is 277 g/mol. The van der Waals surface area contributed by atoms with Gasteiger partial charge in [0.15, 0.2) is 0 Å². The molecule has 20 heavy (non-hydrogen) atoms. The Morgan fingerprint density at radius 1 is 1.35 bits per heavy atom. The van der Waals surface area contributed by atoms with Crippen molar-refractivity contribution in [3.8, 4) is 0 Å². The highest BCUT2D eigenvalue weighted by molar-refractivity contribution is 6.00. The molecule has 5 nitrogen and oxygen atoms in total. The maximum absolute atomic E-state index is 12.3. The Morgan fingerprint density at radius 2 is 1.95 bits per heavy atom. The van der Waals surface area contributed by atoms with Crippen molar-refractivity contribution in [2.45, 2.75) is 25.4 Å². The molecule has 1 aromatic rings. The first-order valence-corrected chi connectivity index (χ1v) is 6.89. The number of anilines is 2. The van der Waals surface area contributed by atoms with Gasteiger partial charge in [-0.2, -0.15) is 0 Å². The van der Waals surface area contributed by atoms with Gasteiger partial charge < -0.3 is 20.6 Å². The molecule has 0 bridgehead atoms.